The zero-order chi connectivity index (χ0) is 13.1. The van der Waals surface area contributed by atoms with Gasteiger partial charge in [-0.3, -0.25) is 4.21 Å². The lowest BCUT2D eigenvalue weighted by molar-refractivity contribution is 0.0696. The van der Waals surface area contributed by atoms with Crippen LogP contribution < -0.4 is 0 Å². The number of benzene rings is 1. The first-order valence-electron chi connectivity index (χ1n) is 5.02. The molecule has 94 valence electrons. The van der Waals surface area contributed by atoms with Crippen LogP contribution in [0, 0.1) is 0 Å². The van der Waals surface area contributed by atoms with E-state index in [9.17, 15) is 9.00 Å². The average molecular weight is 345 g/mol. The van der Waals surface area contributed by atoms with Crippen molar-refractivity contribution in [2.75, 3.05) is 0 Å². The van der Waals surface area contributed by atoms with Gasteiger partial charge in [-0.25, -0.2) is 4.79 Å². The molecule has 1 N–H and O–H groups in total. The lowest BCUT2D eigenvalue weighted by Gasteiger charge is -2.02. The van der Waals surface area contributed by atoms with Crippen LogP contribution in [0.5, 0.6) is 0 Å². The van der Waals surface area contributed by atoms with Crippen LogP contribution in [0.3, 0.4) is 0 Å². The largest absolute Gasteiger partial charge is 0.478 e. The highest BCUT2D eigenvalue weighted by Crippen LogP contribution is 2.24. The van der Waals surface area contributed by atoms with Gasteiger partial charge in [0.2, 0.25) is 0 Å². The maximum atomic E-state index is 12.1. The van der Waals surface area contributed by atoms with E-state index in [-0.39, 0.29) is 5.56 Å². The molecule has 0 amide bonds. The average Bonchev–Trinajstić information content (AvgIpc) is 2.75. The molecule has 1 heterocycles. The van der Waals surface area contributed by atoms with E-state index in [1.54, 1.807) is 12.1 Å². The molecule has 0 fully saturated rings. The summed E-state index contributed by atoms with van der Waals surface area (Å²) < 4.78 is 13.1. The van der Waals surface area contributed by atoms with Crippen LogP contribution in [-0.4, -0.2) is 15.3 Å². The summed E-state index contributed by atoms with van der Waals surface area (Å²) in [5.74, 6) is -0.605. The Balaban J connectivity index is 2.18. The molecular formula is C12H9BrO3S2. The summed E-state index contributed by atoms with van der Waals surface area (Å²) >= 11 is 4.88. The molecule has 0 saturated heterocycles. The molecule has 0 aliphatic rings. The van der Waals surface area contributed by atoms with Gasteiger partial charge in [0.05, 0.1) is 25.9 Å². The van der Waals surface area contributed by atoms with E-state index in [4.69, 9.17) is 5.11 Å². The second-order valence-electron chi connectivity index (χ2n) is 3.53. The predicted molar refractivity (Wildman–Crippen MR) is 75.5 cm³/mol. The summed E-state index contributed by atoms with van der Waals surface area (Å²) in [5.41, 5.74) is 0.160. The summed E-state index contributed by atoms with van der Waals surface area (Å²) in [5, 5.41) is 8.88. The molecule has 6 heteroatoms. The van der Waals surface area contributed by atoms with E-state index in [2.05, 4.69) is 15.9 Å². The van der Waals surface area contributed by atoms with Crippen LogP contribution in [0.15, 0.2) is 45.1 Å². The second kappa shape index (κ2) is 5.77. The summed E-state index contributed by atoms with van der Waals surface area (Å²) in [6, 6.07) is 10.1. The fraction of sp³-hybridized carbons (Fsp3) is 0.0833. The topological polar surface area (TPSA) is 54.4 Å². The van der Waals surface area contributed by atoms with Gasteiger partial charge >= 0.3 is 5.97 Å². The molecule has 1 aromatic heterocycles. The highest BCUT2D eigenvalue weighted by Gasteiger charge is 2.10. The number of thiophene rings is 1. The van der Waals surface area contributed by atoms with E-state index in [1.165, 1.54) is 23.5 Å². The Morgan fingerprint density at radius 2 is 2.11 bits per heavy atom. The van der Waals surface area contributed by atoms with Crippen molar-refractivity contribution in [1.29, 1.82) is 0 Å². The zero-order valence-electron chi connectivity index (χ0n) is 9.13. The van der Waals surface area contributed by atoms with Gasteiger partial charge < -0.3 is 5.11 Å². The number of hydrogen-bond acceptors (Lipinski definition) is 3. The number of carboxylic acids is 1. The first-order chi connectivity index (χ1) is 8.56. The Bertz CT molecular complexity index is 607. The second-order valence-corrected chi connectivity index (χ2v) is 7.53. The first kappa shape index (κ1) is 13.5. The third-order valence-corrected chi connectivity index (χ3v) is 5.41. The Labute approximate surface area is 119 Å². The quantitative estimate of drug-likeness (QED) is 0.923. The molecule has 2 aromatic rings. The fourth-order valence-corrected chi connectivity index (χ4v) is 4.26. The van der Waals surface area contributed by atoms with Gasteiger partial charge in [0.15, 0.2) is 0 Å². The van der Waals surface area contributed by atoms with Gasteiger partial charge in [0.25, 0.3) is 0 Å². The molecule has 2 rings (SSSR count). The fourth-order valence-electron chi connectivity index (χ4n) is 1.41. The predicted octanol–water partition coefficient (Wildman–Crippen LogP) is 3.52. The lowest BCUT2D eigenvalue weighted by atomic mass is 10.2. The van der Waals surface area contributed by atoms with Gasteiger partial charge in [-0.15, -0.1) is 11.3 Å². The molecule has 3 nitrogen and oxygen atoms in total. The van der Waals surface area contributed by atoms with Crippen LogP contribution in [0.1, 0.15) is 15.2 Å². The summed E-state index contributed by atoms with van der Waals surface area (Å²) in [6.07, 6.45) is 0. The molecule has 1 aromatic carbocycles. The highest BCUT2D eigenvalue weighted by molar-refractivity contribution is 9.11. The minimum Gasteiger partial charge on any atom is -0.478 e. The Hall–Kier alpha value is -0.980. The van der Waals surface area contributed by atoms with Crippen molar-refractivity contribution >= 4 is 44.0 Å². The van der Waals surface area contributed by atoms with Crippen LogP contribution in [-0.2, 0) is 16.6 Å². The van der Waals surface area contributed by atoms with Crippen molar-refractivity contribution in [3.05, 3.63) is 50.6 Å². The molecule has 0 bridgehead atoms. The van der Waals surface area contributed by atoms with E-state index in [0.717, 1.165) is 8.66 Å². The van der Waals surface area contributed by atoms with Gasteiger partial charge in [-0.05, 0) is 46.3 Å². The maximum Gasteiger partial charge on any atom is 0.335 e. The standard InChI is InChI=1S/C12H9BrO3S2/c13-11-5-4-9(17-11)7-18(16)10-3-1-2-8(6-10)12(14)15/h1-6H,7H2,(H,14,15). The van der Waals surface area contributed by atoms with Crippen LogP contribution in [0.4, 0.5) is 0 Å². The SMILES string of the molecule is O=C(O)c1cccc(S(=O)Cc2ccc(Br)s2)c1. The smallest absolute Gasteiger partial charge is 0.335 e. The summed E-state index contributed by atoms with van der Waals surface area (Å²) in [7, 11) is -1.22. The molecular weight excluding hydrogens is 336 g/mol. The molecule has 0 spiro atoms. The number of carboxylic acid groups (broad SMARTS) is 1. The van der Waals surface area contributed by atoms with Crippen molar-refractivity contribution in [2.45, 2.75) is 10.6 Å². The van der Waals surface area contributed by atoms with Crippen molar-refractivity contribution in [2.24, 2.45) is 0 Å². The monoisotopic (exact) mass is 344 g/mol. The van der Waals surface area contributed by atoms with Gasteiger partial charge in [0, 0.05) is 9.77 Å². The highest BCUT2D eigenvalue weighted by atomic mass is 79.9. The van der Waals surface area contributed by atoms with E-state index < -0.39 is 16.8 Å². The third kappa shape index (κ3) is 3.28. The Morgan fingerprint density at radius 3 is 2.72 bits per heavy atom. The molecule has 0 radical (unpaired) electrons. The molecule has 18 heavy (non-hydrogen) atoms. The number of halogens is 1. The van der Waals surface area contributed by atoms with E-state index in [1.807, 2.05) is 12.1 Å². The number of aromatic carboxylic acids is 1. The van der Waals surface area contributed by atoms with Crippen molar-refractivity contribution in [3.63, 3.8) is 0 Å². The van der Waals surface area contributed by atoms with Gasteiger partial charge in [-0.1, -0.05) is 6.07 Å². The number of carbonyl (C=O) groups is 1. The zero-order valence-corrected chi connectivity index (χ0v) is 12.3. The molecule has 0 saturated carbocycles. The number of hydrogen-bond donors (Lipinski definition) is 1. The minimum absolute atomic E-state index is 0.160. The number of rotatable bonds is 4. The minimum atomic E-state index is -1.22. The molecule has 0 aliphatic carbocycles. The van der Waals surface area contributed by atoms with E-state index >= 15 is 0 Å². The lowest BCUT2D eigenvalue weighted by Crippen LogP contribution is -2.00. The third-order valence-electron chi connectivity index (χ3n) is 2.25. The van der Waals surface area contributed by atoms with Gasteiger partial charge in [-0.2, -0.15) is 0 Å². The van der Waals surface area contributed by atoms with Crippen molar-refractivity contribution in [3.8, 4) is 0 Å². The first-order valence-corrected chi connectivity index (χ1v) is 7.95. The molecule has 1 unspecified atom stereocenters. The van der Waals surface area contributed by atoms with Crippen LogP contribution >= 0.6 is 27.3 Å². The van der Waals surface area contributed by atoms with Gasteiger partial charge in [0.1, 0.15) is 0 Å². The molecule has 1 atom stereocenters. The van der Waals surface area contributed by atoms with Crippen LogP contribution in [0.25, 0.3) is 0 Å². The Kier molecular flexibility index (Phi) is 4.31. The normalized spacial score (nSPS) is 12.3. The maximum absolute atomic E-state index is 12.1. The van der Waals surface area contributed by atoms with Crippen molar-refractivity contribution < 1.29 is 14.1 Å². The Morgan fingerprint density at radius 1 is 1.33 bits per heavy atom. The molecule has 0 aliphatic heterocycles. The van der Waals surface area contributed by atoms with Crippen LogP contribution in [0.2, 0.25) is 0 Å². The van der Waals surface area contributed by atoms with E-state index in [0.29, 0.717) is 10.6 Å². The summed E-state index contributed by atoms with van der Waals surface area (Å²) in [4.78, 5) is 12.4. The summed E-state index contributed by atoms with van der Waals surface area (Å²) in [6.45, 7) is 0. The van der Waals surface area contributed by atoms with Crippen molar-refractivity contribution in [1.82, 2.24) is 0 Å².